The number of nitrogen functional groups attached to an aromatic ring is 1. The second kappa shape index (κ2) is 4.89. The molecule has 1 aromatic heterocycles. The van der Waals surface area contributed by atoms with E-state index in [1.807, 2.05) is 30.3 Å². The smallest absolute Gasteiger partial charge is 0.101 e. The maximum absolute atomic E-state index is 5.71. The normalized spacial score (nSPS) is 10.4. The predicted octanol–water partition coefficient (Wildman–Crippen LogP) is 3.89. The first-order valence-corrected chi connectivity index (χ1v) is 6.41. The van der Waals surface area contributed by atoms with Crippen molar-refractivity contribution >= 4 is 33.4 Å². The fourth-order valence-corrected chi connectivity index (χ4v) is 2.38. The van der Waals surface area contributed by atoms with E-state index in [0.29, 0.717) is 0 Å². The van der Waals surface area contributed by atoms with Crippen molar-refractivity contribution < 1.29 is 0 Å². The van der Waals surface area contributed by atoms with Crippen LogP contribution in [0.25, 0.3) is 0 Å². The summed E-state index contributed by atoms with van der Waals surface area (Å²) in [5, 5.41) is 0.982. The van der Waals surface area contributed by atoms with Crippen molar-refractivity contribution in [2.75, 3.05) is 5.73 Å². The first-order chi connectivity index (χ1) is 7.65. The SMILES string of the molecule is Cc1cc(N)ccc1Sc1ccc(Br)cn1. The number of aromatic nitrogens is 1. The van der Waals surface area contributed by atoms with E-state index >= 15 is 0 Å². The molecule has 2 aromatic rings. The Kier molecular flexibility index (Phi) is 3.51. The van der Waals surface area contributed by atoms with Crippen LogP contribution in [0.1, 0.15) is 5.56 Å². The van der Waals surface area contributed by atoms with E-state index < -0.39 is 0 Å². The van der Waals surface area contributed by atoms with Gasteiger partial charge in [-0.1, -0.05) is 11.8 Å². The van der Waals surface area contributed by atoms with Gasteiger partial charge in [-0.15, -0.1) is 0 Å². The molecule has 82 valence electrons. The quantitative estimate of drug-likeness (QED) is 0.854. The van der Waals surface area contributed by atoms with E-state index in [4.69, 9.17) is 5.73 Å². The highest BCUT2D eigenvalue weighted by molar-refractivity contribution is 9.10. The van der Waals surface area contributed by atoms with Gasteiger partial charge in [-0.25, -0.2) is 4.98 Å². The number of aryl methyl sites for hydroxylation is 1. The molecule has 2 rings (SSSR count). The molecule has 0 aliphatic rings. The zero-order valence-corrected chi connectivity index (χ0v) is 11.2. The molecule has 0 aliphatic carbocycles. The molecule has 0 amide bonds. The Balaban J connectivity index is 2.23. The van der Waals surface area contributed by atoms with E-state index in [1.54, 1.807) is 18.0 Å². The van der Waals surface area contributed by atoms with Crippen molar-refractivity contribution in [3.8, 4) is 0 Å². The van der Waals surface area contributed by atoms with Gasteiger partial charge < -0.3 is 5.73 Å². The molecule has 0 aliphatic heterocycles. The van der Waals surface area contributed by atoms with Crippen LogP contribution >= 0.6 is 27.7 Å². The van der Waals surface area contributed by atoms with Crippen LogP contribution in [-0.2, 0) is 0 Å². The fourth-order valence-electron chi connectivity index (χ4n) is 1.32. The number of hydrogen-bond donors (Lipinski definition) is 1. The molecule has 0 fully saturated rings. The van der Waals surface area contributed by atoms with Crippen molar-refractivity contribution in [2.45, 2.75) is 16.8 Å². The van der Waals surface area contributed by atoms with E-state index in [0.717, 1.165) is 15.2 Å². The lowest BCUT2D eigenvalue weighted by Gasteiger charge is -2.05. The number of anilines is 1. The van der Waals surface area contributed by atoms with Crippen molar-refractivity contribution in [3.05, 3.63) is 46.6 Å². The minimum atomic E-state index is 0.797. The van der Waals surface area contributed by atoms with E-state index in [9.17, 15) is 0 Å². The van der Waals surface area contributed by atoms with Crippen LogP contribution in [0, 0.1) is 6.92 Å². The molecule has 1 aromatic carbocycles. The minimum absolute atomic E-state index is 0.797. The van der Waals surface area contributed by atoms with E-state index in [2.05, 4.69) is 27.8 Å². The van der Waals surface area contributed by atoms with Gasteiger partial charge in [-0.3, -0.25) is 0 Å². The van der Waals surface area contributed by atoms with Crippen LogP contribution in [0.4, 0.5) is 5.69 Å². The molecule has 16 heavy (non-hydrogen) atoms. The van der Waals surface area contributed by atoms with Crippen molar-refractivity contribution in [3.63, 3.8) is 0 Å². The van der Waals surface area contributed by atoms with Crippen LogP contribution in [0.15, 0.2) is 50.9 Å². The second-order valence-electron chi connectivity index (χ2n) is 3.44. The third-order valence-corrected chi connectivity index (χ3v) is 3.71. The summed E-state index contributed by atoms with van der Waals surface area (Å²) in [4.78, 5) is 5.51. The van der Waals surface area contributed by atoms with Crippen LogP contribution in [0.5, 0.6) is 0 Å². The number of hydrogen-bond acceptors (Lipinski definition) is 3. The zero-order chi connectivity index (χ0) is 11.5. The summed E-state index contributed by atoms with van der Waals surface area (Å²) < 4.78 is 0.992. The number of nitrogens with zero attached hydrogens (tertiary/aromatic N) is 1. The molecule has 0 radical (unpaired) electrons. The van der Waals surface area contributed by atoms with Gasteiger partial charge in [0.25, 0.3) is 0 Å². The van der Waals surface area contributed by atoms with Gasteiger partial charge in [0, 0.05) is 21.3 Å². The summed E-state index contributed by atoms with van der Waals surface area (Å²) in [5.74, 6) is 0. The molecule has 0 spiro atoms. The standard InChI is InChI=1S/C12H11BrN2S/c1-8-6-10(14)3-4-11(8)16-12-5-2-9(13)7-15-12/h2-7H,14H2,1H3. The van der Waals surface area contributed by atoms with Gasteiger partial charge in [-0.05, 0) is 58.7 Å². The molecule has 4 heteroatoms. The van der Waals surface area contributed by atoms with Crippen LogP contribution < -0.4 is 5.73 Å². The van der Waals surface area contributed by atoms with Gasteiger partial charge in [0.1, 0.15) is 5.03 Å². The molecule has 1 heterocycles. The first-order valence-electron chi connectivity index (χ1n) is 4.81. The summed E-state index contributed by atoms with van der Waals surface area (Å²) in [6.07, 6.45) is 1.80. The number of rotatable bonds is 2. The van der Waals surface area contributed by atoms with E-state index in [1.165, 1.54) is 10.5 Å². The van der Waals surface area contributed by atoms with Gasteiger partial charge >= 0.3 is 0 Å². The summed E-state index contributed by atoms with van der Waals surface area (Å²) in [5.41, 5.74) is 7.68. The highest BCUT2D eigenvalue weighted by Gasteiger charge is 2.02. The molecular formula is C12H11BrN2S. The lowest BCUT2D eigenvalue weighted by atomic mass is 10.2. The average Bonchev–Trinajstić information content (AvgIpc) is 2.25. The summed E-state index contributed by atoms with van der Waals surface area (Å²) >= 11 is 5.01. The summed E-state index contributed by atoms with van der Waals surface area (Å²) in [6.45, 7) is 2.05. The highest BCUT2D eigenvalue weighted by atomic mass is 79.9. The highest BCUT2D eigenvalue weighted by Crippen LogP contribution is 2.30. The maximum atomic E-state index is 5.71. The van der Waals surface area contributed by atoms with Crippen LogP contribution in [0.2, 0.25) is 0 Å². The lowest BCUT2D eigenvalue weighted by molar-refractivity contribution is 1.12. The molecule has 0 saturated carbocycles. The lowest BCUT2D eigenvalue weighted by Crippen LogP contribution is -1.87. The molecule has 2 N–H and O–H groups in total. The Hall–Kier alpha value is -1.00. The molecule has 0 bridgehead atoms. The number of benzene rings is 1. The van der Waals surface area contributed by atoms with Crippen molar-refractivity contribution in [1.29, 1.82) is 0 Å². The van der Waals surface area contributed by atoms with Crippen molar-refractivity contribution in [2.24, 2.45) is 0 Å². The molecule has 0 saturated heterocycles. The Labute approximate surface area is 107 Å². The Bertz CT molecular complexity index is 497. The van der Waals surface area contributed by atoms with Gasteiger partial charge in [0.2, 0.25) is 0 Å². The number of nitrogens with two attached hydrogens (primary N) is 1. The Morgan fingerprint density at radius 2 is 2.06 bits per heavy atom. The van der Waals surface area contributed by atoms with Crippen LogP contribution in [-0.4, -0.2) is 4.98 Å². The number of pyridine rings is 1. The molecule has 2 nitrogen and oxygen atoms in total. The summed E-state index contributed by atoms with van der Waals surface area (Å²) in [6, 6.07) is 9.89. The predicted molar refractivity (Wildman–Crippen MR) is 71.7 cm³/mol. The number of halogens is 1. The second-order valence-corrected chi connectivity index (χ2v) is 5.42. The average molecular weight is 295 g/mol. The molecule has 0 unspecified atom stereocenters. The molecule has 0 atom stereocenters. The van der Waals surface area contributed by atoms with Crippen molar-refractivity contribution in [1.82, 2.24) is 4.98 Å². The zero-order valence-electron chi connectivity index (χ0n) is 8.77. The Morgan fingerprint density at radius 1 is 1.25 bits per heavy atom. The third kappa shape index (κ3) is 2.77. The monoisotopic (exact) mass is 294 g/mol. The minimum Gasteiger partial charge on any atom is -0.399 e. The van der Waals surface area contributed by atoms with Gasteiger partial charge in [0.05, 0.1) is 0 Å². The molecular weight excluding hydrogens is 284 g/mol. The topological polar surface area (TPSA) is 38.9 Å². The maximum Gasteiger partial charge on any atom is 0.101 e. The van der Waals surface area contributed by atoms with E-state index in [-0.39, 0.29) is 0 Å². The summed E-state index contributed by atoms with van der Waals surface area (Å²) in [7, 11) is 0. The van der Waals surface area contributed by atoms with Gasteiger partial charge in [0.15, 0.2) is 0 Å². The largest absolute Gasteiger partial charge is 0.399 e. The van der Waals surface area contributed by atoms with Crippen LogP contribution in [0.3, 0.4) is 0 Å². The fraction of sp³-hybridized carbons (Fsp3) is 0.0833. The van der Waals surface area contributed by atoms with Gasteiger partial charge in [-0.2, -0.15) is 0 Å². The first kappa shape index (κ1) is 11.5. The third-order valence-electron chi connectivity index (χ3n) is 2.11. The Morgan fingerprint density at radius 3 is 2.69 bits per heavy atom.